The molecule has 5 rings (SSSR count). The van der Waals surface area contributed by atoms with Gasteiger partial charge in [-0.3, -0.25) is 9.48 Å². The van der Waals surface area contributed by atoms with Gasteiger partial charge in [-0.15, -0.1) is 0 Å². The molecule has 1 N–H and O–H groups in total. The van der Waals surface area contributed by atoms with Gasteiger partial charge in [-0.05, 0) is 42.9 Å². The zero-order valence-corrected chi connectivity index (χ0v) is 17.3. The van der Waals surface area contributed by atoms with Crippen LogP contribution >= 0.6 is 0 Å². The van der Waals surface area contributed by atoms with Gasteiger partial charge in [-0.2, -0.15) is 5.10 Å². The summed E-state index contributed by atoms with van der Waals surface area (Å²) in [5.74, 6) is 1.52. The first-order valence-corrected chi connectivity index (χ1v) is 11.2. The molecule has 0 atom stereocenters. The molecule has 0 saturated heterocycles. The van der Waals surface area contributed by atoms with Crippen LogP contribution in [0, 0.1) is 0 Å². The van der Waals surface area contributed by atoms with Gasteiger partial charge in [0.15, 0.2) is 0 Å². The maximum atomic E-state index is 12.8. The first-order valence-electron chi connectivity index (χ1n) is 11.2. The number of hydrogen-bond donors (Lipinski definition) is 1. The maximum absolute atomic E-state index is 12.8. The molecule has 1 amide bonds. The predicted octanol–water partition coefficient (Wildman–Crippen LogP) is 4.98. The minimum absolute atomic E-state index is 0.0700. The second-order valence-corrected chi connectivity index (χ2v) is 8.69. The molecule has 2 aromatic carbocycles. The maximum Gasteiger partial charge on any atom is 0.221 e. The van der Waals surface area contributed by atoms with E-state index in [0.717, 1.165) is 6.54 Å². The van der Waals surface area contributed by atoms with Crippen molar-refractivity contribution >= 4 is 5.91 Å². The highest BCUT2D eigenvalue weighted by Crippen LogP contribution is 2.44. The molecule has 1 aromatic heterocycles. The number of hydrogen-bond acceptors (Lipinski definition) is 2. The molecule has 0 bridgehead atoms. The Morgan fingerprint density at radius 2 is 1.53 bits per heavy atom. The summed E-state index contributed by atoms with van der Waals surface area (Å²) < 4.78 is 2.15. The number of amides is 1. The first kappa shape index (κ1) is 19.1. The topological polar surface area (TPSA) is 46.9 Å². The SMILES string of the molecule is O=C(CC(c1ccccc1)c1ccccc1)NCCn1nc(C2CC2)cc1C1CC1. The average Bonchev–Trinajstić information content (AvgIpc) is 3.72. The quantitative estimate of drug-likeness (QED) is 0.552. The number of benzene rings is 2. The average molecular weight is 400 g/mol. The summed E-state index contributed by atoms with van der Waals surface area (Å²) in [6.45, 7) is 1.38. The summed E-state index contributed by atoms with van der Waals surface area (Å²) in [5.41, 5.74) is 4.99. The van der Waals surface area contributed by atoms with Crippen LogP contribution in [0.3, 0.4) is 0 Å². The third-order valence-electron chi connectivity index (χ3n) is 6.26. The molecular weight excluding hydrogens is 370 g/mol. The van der Waals surface area contributed by atoms with Crippen LogP contribution in [0.4, 0.5) is 0 Å². The van der Waals surface area contributed by atoms with Crippen molar-refractivity contribution in [2.75, 3.05) is 6.54 Å². The molecule has 30 heavy (non-hydrogen) atoms. The van der Waals surface area contributed by atoms with Crippen molar-refractivity contribution in [3.63, 3.8) is 0 Å². The summed E-state index contributed by atoms with van der Waals surface area (Å²) >= 11 is 0. The molecule has 2 aliphatic rings. The summed E-state index contributed by atoms with van der Waals surface area (Å²) in [6.07, 6.45) is 5.56. The first-order chi connectivity index (χ1) is 14.8. The van der Waals surface area contributed by atoms with E-state index >= 15 is 0 Å². The van der Waals surface area contributed by atoms with Crippen LogP contribution in [0.2, 0.25) is 0 Å². The fraction of sp³-hybridized carbons (Fsp3) is 0.385. The monoisotopic (exact) mass is 399 g/mol. The number of rotatable bonds is 9. The lowest BCUT2D eigenvalue weighted by atomic mass is 9.88. The third kappa shape index (κ3) is 4.48. The van der Waals surface area contributed by atoms with E-state index in [1.165, 1.54) is 48.2 Å². The number of aromatic nitrogens is 2. The van der Waals surface area contributed by atoms with Gasteiger partial charge in [0.1, 0.15) is 0 Å². The number of nitrogens with one attached hydrogen (secondary N) is 1. The molecule has 2 saturated carbocycles. The normalized spacial score (nSPS) is 16.0. The summed E-state index contributed by atoms with van der Waals surface area (Å²) in [4.78, 5) is 12.8. The predicted molar refractivity (Wildman–Crippen MR) is 119 cm³/mol. The van der Waals surface area contributed by atoms with Gasteiger partial charge < -0.3 is 5.32 Å². The molecule has 1 heterocycles. The summed E-state index contributed by atoms with van der Waals surface area (Å²) in [6, 6.07) is 22.9. The second kappa shape index (κ2) is 8.47. The van der Waals surface area contributed by atoms with Crippen molar-refractivity contribution in [1.82, 2.24) is 15.1 Å². The Morgan fingerprint density at radius 3 is 2.10 bits per heavy atom. The Labute approximate surface area is 178 Å². The smallest absolute Gasteiger partial charge is 0.221 e. The van der Waals surface area contributed by atoms with Crippen molar-refractivity contribution in [1.29, 1.82) is 0 Å². The van der Waals surface area contributed by atoms with Crippen molar-refractivity contribution in [3.05, 3.63) is 89.2 Å². The highest BCUT2D eigenvalue weighted by atomic mass is 16.1. The highest BCUT2D eigenvalue weighted by Gasteiger charge is 2.32. The number of carbonyl (C=O) groups excluding carboxylic acids is 1. The zero-order valence-electron chi connectivity index (χ0n) is 17.3. The van der Waals surface area contributed by atoms with Gasteiger partial charge in [0, 0.05) is 36.4 Å². The molecule has 3 aromatic rings. The van der Waals surface area contributed by atoms with E-state index in [-0.39, 0.29) is 11.8 Å². The van der Waals surface area contributed by atoms with Gasteiger partial charge in [-0.1, -0.05) is 60.7 Å². The van der Waals surface area contributed by atoms with Gasteiger partial charge in [-0.25, -0.2) is 0 Å². The van der Waals surface area contributed by atoms with Crippen LogP contribution in [-0.4, -0.2) is 22.2 Å². The van der Waals surface area contributed by atoms with E-state index in [2.05, 4.69) is 40.3 Å². The lowest BCUT2D eigenvalue weighted by molar-refractivity contribution is -0.121. The Bertz CT molecular complexity index is 948. The molecule has 2 aliphatic carbocycles. The van der Waals surface area contributed by atoms with Crippen LogP contribution in [0.25, 0.3) is 0 Å². The van der Waals surface area contributed by atoms with Gasteiger partial charge >= 0.3 is 0 Å². The van der Waals surface area contributed by atoms with E-state index in [0.29, 0.717) is 24.8 Å². The van der Waals surface area contributed by atoms with Crippen LogP contribution in [-0.2, 0) is 11.3 Å². The standard InChI is InChI=1S/C26H29N3O/c30-26(17-23(19-7-3-1-4-8-19)20-9-5-2-6-10-20)27-15-16-29-25(22-13-14-22)18-24(28-29)21-11-12-21/h1-10,18,21-23H,11-17H2,(H,27,30). The fourth-order valence-electron chi connectivity index (χ4n) is 4.28. The Hall–Kier alpha value is -2.88. The van der Waals surface area contributed by atoms with E-state index < -0.39 is 0 Å². The third-order valence-corrected chi connectivity index (χ3v) is 6.26. The summed E-state index contributed by atoms with van der Waals surface area (Å²) in [5, 5.41) is 7.99. The van der Waals surface area contributed by atoms with Gasteiger partial charge in [0.05, 0.1) is 12.2 Å². The zero-order chi connectivity index (χ0) is 20.3. The lowest BCUT2D eigenvalue weighted by Gasteiger charge is -2.18. The Balaban J connectivity index is 1.22. The molecule has 0 aliphatic heterocycles. The van der Waals surface area contributed by atoms with E-state index in [4.69, 9.17) is 5.10 Å². The van der Waals surface area contributed by atoms with E-state index in [9.17, 15) is 4.79 Å². The van der Waals surface area contributed by atoms with Gasteiger partial charge in [0.2, 0.25) is 5.91 Å². The fourth-order valence-corrected chi connectivity index (χ4v) is 4.28. The lowest BCUT2D eigenvalue weighted by Crippen LogP contribution is -2.29. The van der Waals surface area contributed by atoms with Crippen molar-refractivity contribution < 1.29 is 4.79 Å². The minimum Gasteiger partial charge on any atom is -0.354 e. The molecular formula is C26H29N3O. The molecule has 4 heteroatoms. The van der Waals surface area contributed by atoms with Crippen LogP contribution in [0.1, 0.15) is 72.4 Å². The van der Waals surface area contributed by atoms with Crippen molar-refractivity contribution in [2.45, 2.75) is 56.4 Å². The molecule has 154 valence electrons. The number of nitrogens with zero attached hydrogens (tertiary/aromatic N) is 2. The van der Waals surface area contributed by atoms with Crippen LogP contribution in [0.15, 0.2) is 66.7 Å². The minimum atomic E-state index is 0.0700. The van der Waals surface area contributed by atoms with E-state index in [1.807, 2.05) is 36.4 Å². The van der Waals surface area contributed by atoms with Crippen LogP contribution in [0.5, 0.6) is 0 Å². The van der Waals surface area contributed by atoms with Crippen molar-refractivity contribution in [3.8, 4) is 0 Å². The van der Waals surface area contributed by atoms with E-state index in [1.54, 1.807) is 0 Å². The van der Waals surface area contributed by atoms with Crippen LogP contribution < -0.4 is 5.32 Å². The highest BCUT2D eigenvalue weighted by molar-refractivity contribution is 5.77. The Morgan fingerprint density at radius 1 is 0.933 bits per heavy atom. The molecule has 4 nitrogen and oxygen atoms in total. The molecule has 2 fully saturated rings. The summed E-state index contributed by atoms with van der Waals surface area (Å²) in [7, 11) is 0. The largest absolute Gasteiger partial charge is 0.354 e. The second-order valence-electron chi connectivity index (χ2n) is 8.69. The Kier molecular flexibility index (Phi) is 5.39. The molecule has 0 spiro atoms. The van der Waals surface area contributed by atoms with Crippen molar-refractivity contribution in [2.24, 2.45) is 0 Å². The molecule has 0 radical (unpaired) electrons. The van der Waals surface area contributed by atoms with Gasteiger partial charge in [0.25, 0.3) is 0 Å². The molecule has 0 unspecified atom stereocenters. The number of carbonyl (C=O) groups is 1.